The third-order valence-electron chi connectivity index (χ3n) is 4.99. The lowest BCUT2D eigenvalue weighted by Crippen LogP contribution is -2.37. The van der Waals surface area contributed by atoms with Gasteiger partial charge in [-0.1, -0.05) is 46.3 Å². The second-order valence-electron chi connectivity index (χ2n) is 7.09. The Labute approximate surface area is 195 Å². The molecule has 160 valence electrons. The largest absolute Gasteiger partial charge is 0.423 e. The summed E-state index contributed by atoms with van der Waals surface area (Å²) in [6.45, 7) is 1.82. The van der Waals surface area contributed by atoms with Crippen LogP contribution in [0.1, 0.15) is 18.5 Å². The van der Waals surface area contributed by atoms with Crippen LogP contribution >= 0.6 is 27.3 Å². The number of hydrogen-bond donors (Lipinski definition) is 2. The first-order valence-corrected chi connectivity index (χ1v) is 11.5. The van der Waals surface area contributed by atoms with E-state index in [2.05, 4.69) is 41.5 Å². The Bertz CT molecular complexity index is 1310. The van der Waals surface area contributed by atoms with Crippen LogP contribution in [-0.4, -0.2) is 27.5 Å². The molecule has 2 N–H and O–H groups in total. The summed E-state index contributed by atoms with van der Waals surface area (Å²) in [4.78, 5) is 31.1. The van der Waals surface area contributed by atoms with Crippen molar-refractivity contribution < 1.29 is 9.21 Å². The van der Waals surface area contributed by atoms with Gasteiger partial charge in [0.25, 0.3) is 0 Å². The molecular formula is C22H17BrN6O2S. The number of aliphatic imine (C=N–C) groups is 2. The number of nitrogens with one attached hydrogen (secondary N) is 2. The van der Waals surface area contributed by atoms with Crippen molar-refractivity contribution in [2.75, 3.05) is 10.6 Å². The number of benzene rings is 2. The van der Waals surface area contributed by atoms with Crippen LogP contribution < -0.4 is 10.6 Å². The van der Waals surface area contributed by atoms with Crippen molar-refractivity contribution >= 4 is 67.1 Å². The molecule has 2 atom stereocenters. The first kappa shape index (κ1) is 20.5. The maximum atomic E-state index is 13.2. The molecule has 32 heavy (non-hydrogen) atoms. The summed E-state index contributed by atoms with van der Waals surface area (Å²) in [5.41, 5.74) is 2.89. The van der Waals surface area contributed by atoms with E-state index >= 15 is 0 Å². The molecule has 0 saturated carbocycles. The van der Waals surface area contributed by atoms with Crippen molar-refractivity contribution in [1.29, 1.82) is 0 Å². The fourth-order valence-electron chi connectivity index (χ4n) is 3.55. The van der Waals surface area contributed by atoms with Gasteiger partial charge >= 0.3 is 6.01 Å². The van der Waals surface area contributed by atoms with Crippen LogP contribution in [0.5, 0.6) is 0 Å². The Kier molecular flexibility index (Phi) is 5.54. The molecular weight excluding hydrogens is 492 g/mol. The molecule has 10 heteroatoms. The van der Waals surface area contributed by atoms with E-state index in [1.165, 1.54) is 11.3 Å². The number of para-hydroxylation sites is 2. The van der Waals surface area contributed by atoms with Crippen LogP contribution in [0.2, 0.25) is 0 Å². The van der Waals surface area contributed by atoms with Gasteiger partial charge in [-0.15, -0.1) is 11.3 Å². The summed E-state index contributed by atoms with van der Waals surface area (Å²) < 4.78 is 6.61. The number of carbonyl (C=O) groups is 1. The minimum Gasteiger partial charge on any atom is -0.423 e. The summed E-state index contributed by atoms with van der Waals surface area (Å²) in [5, 5.41) is 8.27. The first-order valence-electron chi connectivity index (χ1n) is 9.79. The van der Waals surface area contributed by atoms with Gasteiger partial charge in [0.05, 0.1) is 6.04 Å². The SMILES string of the molecule is CC1=NC(Nc2nc3ccccc3o2)=NC(c2ccccc2Br)C1C(=O)Nc1nccs1. The number of anilines is 2. The number of thiazole rings is 1. The van der Waals surface area contributed by atoms with Crippen LogP contribution in [0, 0.1) is 5.92 Å². The maximum absolute atomic E-state index is 13.2. The molecule has 8 nitrogen and oxygen atoms in total. The number of fused-ring (bicyclic) bond motifs is 1. The standard InChI is InChI=1S/C22H17BrN6O2S/c1-12-17(19(30)28-22-24-10-11-32-22)18(13-6-2-3-7-14(13)23)27-20(25-12)29-21-26-15-8-4-5-9-16(15)31-21/h2-11,17-18H,1H3,(H,24,28,30)(H,26,27,29). The van der Waals surface area contributed by atoms with Gasteiger partial charge in [-0.3, -0.25) is 10.1 Å². The lowest BCUT2D eigenvalue weighted by Gasteiger charge is -2.28. The van der Waals surface area contributed by atoms with E-state index in [-0.39, 0.29) is 11.9 Å². The first-order chi connectivity index (χ1) is 15.6. The second-order valence-corrected chi connectivity index (χ2v) is 8.84. The lowest BCUT2D eigenvalue weighted by molar-refractivity contribution is -0.118. The van der Waals surface area contributed by atoms with Crippen LogP contribution in [0.4, 0.5) is 11.1 Å². The molecule has 1 amide bonds. The Balaban J connectivity index is 1.50. The van der Waals surface area contributed by atoms with Gasteiger partial charge in [-0.25, -0.2) is 15.0 Å². The van der Waals surface area contributed by atoms with E-state index in [9.17, 15) is 4.79 Å². The number of amides is 1. The van der Waals surface area contributed by atoms with E-state index in [1.807, 2.05) is 60.8 Å². The molecule has 0 spiro atoms. The minimum absolute atomic E-state index is 0.216. The summed E-state index contributed by atoms with van der Waals surface area (Å²) >= 11 is 4.96. The summed E-state index contributed by atoms with van der Waals surface area (Å²) in [6, 6.07) is 15.0. The maximum Gasteiger partial charge on any atom is 0.302 e. The molecule has 3 heterocycles. The number of carbonyl (C=O) groups excluding carboxylic acids is 1. The minimum atomic E-state index is -0.605. The lowest BCUT2D eigenvalue weighted by atomic mass is 9.88. The van der Waals surface area contributed by atoms with Gasteiger partial charge in [0.15, 0.2) is 10.7 Å². The molecule has 5 rings (SSSR count). The zero-order valence-corrected chi connectivity index (χ0v) is 19.2. The molecule has 2 aromatic carbocycles. The third kappa shape index (κ3) is 4.06. The highest BCUT2D eigenvalue weighted by molar-refractivity contribution is 9.10. The number of nitrogens with zero attached hydrogens (tertiary/aromatic N) is 4. The highest BCUT2D eigenvalue weighted by Crippen LogP contribution is 2.36. The van der Waals surface area contributed by atoms with Crippen molar-refractivity contribution in [3.63, 3.8) is 0 Å². The number of guanidine groups is 1. The molecule has 2 unspecified atom stereocenters. The van der Waals surface area contributed by atoms with Crippen LogP contribution in [0.3, 0.4) is 0 Å². The second kappa shape index (κ2) is 8.64. The number of aromatic nitrogens is 2. The van der Waals surface area contributed by atoms with Gasteiger partial charge in [0, 0.05) is 21.8 Å². The van der Waals surface area contributed by atoms with Crippen LogP contribution in [-0.2, 0) is 4.79 Å². The van der Waals surface area contributed by atoms with Crippen molar-refractivity contribution in [3.8, 4) is 0 Å². The van der Waals surface area contributed by atoms with Gasteiger partial charge in [0.2, 0.25) is 11.9 Å². The average molecular weight is 509 g/mol. The molecule has 0 saturated heterocycles. The topological polar surface area (TPSA) is 105 Å². The average Bonchev–Trinajstić information content (AvgIpc) is 3.42. The number of oxazole rings is 1. The van der Waals surface area contributed by atoms with E-state index in [0.717, 1.165) is 15.6 Å². The van der Waals surface area contributed by atoms with Gasteiger partial charge in [-0.2, -0.15) is 4.98 Å². The predicted molar refractivity (Wildman–Crippen MR) is 129 cm³/mol. The van der Waals surface area contributed by atoms with Crippen molar-refractivity contribution in [2.45, 2.75) is 13.0 Å². The predicted octanol–water partition coefficient (Wildman–Crippen LogP) is 5.29. The Morgan fingerprint density at radius 1 is 1.16 bits per heavy atom. The number of halogens is 1. The van der Waals surface area contributed by atoms with Crippen LogP contribution in [0.25, 0.3) is 11.1 Å². The number of rotatable bonds is 4. The Morgan fingerprint density at radius 3 is 2.75 bits per heavy atom. The fourth-order valence-corrected chi connectivity index (χ4v) is 4.60. The quantitative estimate of drug-likeness (QED) is 0.389. The van der Waals surface area contributed by atoms with Crippen molar-refractivity contribution in [1.82, 2.24) is 9.97 Å². The monoisotopic (exact) mass is 508 g/mol. The molecule has 1 aliphatic heterocycles. The normalized spacial score (nSPS) is 18.2. The molecule has 0 bridgehead atoms. The van der Waals surface area contributed by atoms with Gasteiger partial charge < -0.3 is 9.73 Å². The highest BCUT2D eigenvalue weighted by Gasteiger charge is 2.36. The molecule has 0 fully saturated rings. The molecule has 1 aliphatic rings. The summed E-state index contributed by atoms with van der Waals surface area (Å²) in [5.74, 6) is -0.494. The van der Waals surface area contributed by atoms with Crippen molar-refractivity contribution in [3.05, 3.63) is 70.1 Å². The zero-order valence-electron chi connectivity index (χ0n) is 16.8. The fraction of sp³-hybridized carbons (Fsp3) is 0.136. The summed E-state index contributed by atoms with van der Waals surface area (Å²) in [7, 11) is 0. The molecule has 2 aromatic heterocycles. The number of hydrogen-bond acceptors (Lipinski definition) is 8. The molecule has 4 aromatic rings. The molecule has 0 aliphatic carbocycles. The van der Waals surface area contributed by atoms with Gasteiger partial charge in [0.1, 0.15) is 11.4 Å². The van der Waals surface area contributed by atoms with E-state index in [1.54, 1.807) is 6.20 Å². The summed E-state index contributed by atoms with van der Waals surface area (Å²) in [6.07, 6.45) is 1.65. The van der Waals surface area contributed by atoms with Crippen molar-refractivity contribution in [2.24, 2.45) is 15.9 Å². The Morgan fingerprint density at radius 2 is 1.97 bits per heavy atom. The van der Waals surface area contributed by atoms with E-state index < -0.39 is 12.0 Å². The van der Waals surface area contributed by atoms with E-state index in [4.69, 9.17) is 9.41 Å². The Hall–Kier alpha value is -3.37. The van der Waals surface area contributed by atoms with Gasteiger partial charge in [-0.05, 0) is 30.7 Å². The smallest absolute Gasteiger partial charge is 0.302 e. The van der Waals surface area contributed by atoms with E-state index in [0.29, 0.717) is 22.4 Å². The highest BCUT2D eigenvalue weighted by atomic mass is 79.9. The third-order valence-corrected chi connectivity index (χ3v) is 6.40. The van der Waals surface area contributed by atoms with Crippen LogP contribution in [0.15, 0.2) is 79.0 Å². The molecule has 0 radical (unpaired) electrons. The zero-order chi connectivity index (χ0) is 22.1.